The number of nitrogens with zero attached hydrogens (tertiary/aromatic N) is 4. The Morgan fingerprint density at radius 3 is 2.67 bits per heavy atom. The van der Waals surface area contributed by atoms with Crippen molar-refractivity contribution in [1.82, 2.24) is 24.8 Å². The lowest BCUT2D eigenvalue weighted by Gasteiger charge is -2.30. The van der Waals surface area contributed by atoms with Crippen LogP contribution in [0.5, 0.6) is 5.75 Å². The summed E-state index contributed by atoms with van der Waals surface area (Å²) in [5, 5.41) is 0. The summed E-state index contributed by atoms with van der Waals surface area (Å²) in [6.07, 6.45) is 4.43. The van der Waals surface area contributed by atoms with Crippen molar-refractivity contribution < 1.29 is 9.53 Å². The molecule has 3 heterocycles. The monoisotopic (exact) mass is 405 g/mol. The van der Waals surface area contributed by atoms with Gasteiger partial charge in [0.2, 0.25) is 0 Å². The number of H-pyrrole nitrogens is 1. The highest BCUT2D eigenvalue weighted by atomic mass is 16.5. The number of carbonyl (C=O) groups excluding carboxylic acids is 1. The van der Waals surface area contributed by atoms with Crippen LogP contribution in [-0.4, -0.2) is 43.4 Å². The number of aryl methyl sites for hydroxylation is 2. The minimum atomic E-state index is -0.644. The van der Waals surface area contributed by atoms with Crippen LogP contribution in [0, 0.1) is 13.8 Å². The number of hydrogen-bond donors (Lipinski definition) is 1. The molecule has 1 aliphatic heterocycles. The van der Waals surface area contributed by atoms with Gasteiger partial charge < -0.3 is 14.6 Å². The van der Waals surface area contributed by atoms with E-state index >= 15 is 0 Å². The smallest absolute Gasteiger partial charge is 0.263 e. The van der Waals surface area contributed by atoms with Crippen LogP contribution >= 0.6 is 0 Å². The minimum absolute atomic E-state index is 0.136. The van der Waals surface area contributed by atoms with Crippen molar-refractivity contribution in [3.05, 3.63) is 69.5 Å². The molecule has 8 nitrogen and oxygen atoms in total. The minimum Gasteiger partial charge on any atom is -0.481 e. The lowest BCUT2D eigenvalue weighted by Crippen LogP contribution is -2.44. The number of aromatic nitrogens is 4. The Labute approximate surface area is 174 Å². The summed E-state index contributed by atoms with van der Waals surface area (Å²) in [6, 6.07) is 5.88. The predicted octanol–water partition coefficient (Wildman–Crippen LogP) is 2.20. The van der Waals surface area contributed by atoms with Crippen molar-refractivity contribution >= 4 is 5.91 Å². The van der Waals surface area contributed by atoms with Gasteiger partial charge in [0.1, 0.15) is 11.4 Å². The normalized spacial score (nSPS) is 14.2. The molecule has 0 aliphatic carbocycles. The molecule has 3 aromatic rings. The first-order valence-electron chi connectivity index (χ1n) is 9.83. The molecule has 0 fully saturated rings. The van der Waals surface area contributed by atoms with Gasteiger partial charge in [-0.15, -0.1) is 0 Å². The molecular weight excluding hydrogens is 382 g/mol. The molecule has 30 heavy (non-hydrogen) atoms. The summed E-state index contributed by atoms with van der Waals surface area (Å²) in [5.74, 6) is 0.883. The number of hydrogen-bond acceptors (Lipinski definition) is 6. The molecule has 4 rings (SSSR count). The van der Waals surface area contributed by atoms with Gasteiger partial charge in [0.25, 0.3) is 11.5 Å². The first-order chi connectivity index (χ1) is 14.4. The predicted molar refractivity (Wildman–Crippen MR) is 111 cm³/mol. The number of carbonyl (C=O) groups is 1. The fraction of sp³-hybridized carbons (Fsp3) is 0.318. The van der Waals surface area contributed by atoms with Crippen LogP contribution in [0.2, 0.25) is 0 Å². The molecule has 1 N–H and O–H groups in total. The number of benzene rings is 1. The van der Waals surface area contributed by atoms with Gasteiger partial charge in [0.05, 0.1) is 18.4 Å². The topological polar surface area (TPSA) is 101 Å². The molecule has 1 unspecified atom stereocenters. The van der Waals surface area contributed by atoms with Crippen LogP contribution in [0.3, 0.4) is 0 Å². The summed E-state index contributed by atoms with van der Waals surface area (Å²) in [5.41, 5.74) is 3.62. The standard InChI is InChI=1S/C22H23N5O3/c1-13-8-14(2)10-16(9-13)30-15(3)22(29)27-7-4-17-19(12-27)25-20(26-21(17)28)18-11-23-5-6-24-18/h5-6,8-11,15H,4,7,12H2,1-3H3,(H,25,26,28). The highest BCUT2D eigenvalue weighted by Crippen LogP contribution is 2.21. The van der Waals surface area contributed by atoms with Crippen LogP contribution in [0.15, 0.2) is 41.6 Å². The van der Waals surface area contributed by atoms with E-state index in [1.807, 2.05) is 26.0 Å². The lowest BCUT2D eigenvalue weighted by molar-refractivity contribution is -0.139. The average Bonchev–Trinajstić information content (AvgIpc) is 2.72. The number of aromatic amines is 1. The second kappa shape index (κ2) is 8.06. The fourth-order valence-electron chi connectivity index (χ4n) is 3.68. The highest BCUT2D eigenvalue weighted by Gasteiger charge is 2.28. The van der Waals surface area contributed by atoms with E-state index in [0.29, 0.717) is 41.5 Å². The van der Waals surface area contributed by atoms with Crippen LogP contribution in [-0.2, 0) is 17.8 Å². The van der Waals surface area contributed by atoms with Crippen molar-refractivity contribution in [1.29, 1.82) is 0 Å². The maximum atomic E-state index is 13.0. The Bertz CT molecular complexity index is 1120. The number of nitrogens with one attached hydrogen (secondary N) is 1. The summed E-state index contributed by atoms with van der Waals surface area (Å²) in [6.45, 7) is 6.43. The lowest BCUT2D eigenvalue weighted by atomic mass is 10.1. The Morgan fingerprint density at radius 1 is 1.20 bits per heavy atom. The summed E-state index contributed by atoms with van der Waals surface area (Å²) < 4.78 is 5.90. The van der Waals surface area contributed by atoms with Gasteiger partial charge in [0.15, 0.2) is 11.9 Å². The summed E-state index contributed by atoms with van der Waals surface area (Å²) >= 11 is 0. The number of ether oxygens (including phenoxy) is 1. The molecular formula is C22H23N5O3. The van der Waals surface area contributed by atoms with Gasteiger partial charge in [-0.1, -0.05) is 6.07 Å². The van der Waals surface area contributed by atoms with Gasteiger partial charge in [0, 0.05) is 24.5 Å². The third-order valence-corrected chi connectivity index (χ3v) is 5.05. The van der Waals surface area contributed by atoms with Crippen molar-refractivity contribution in [3.8, 4) is 17.3 Å². The van der Waals surface area contributed by atoms with Crippen LogP contribution < -0.4 is 10.3 Å². The molecule has 0 saturated carbocycles. The SMILES string of the molecule is Cc1cc(C)cc(OC(C)C(=O)N2CCc3c(nc(-c4cnccn4)[nH]c3=O)C2)c1. The fourth-order valence-corrected chi connectivity index (χ4v) is 3.68. The molecule has 2 aromatic heterocycles. The highest BCUT2D eigenvalue weighted by molar-refractivity contribution is 5.81. The molecule has 1 amide bonds. The third kappa shape index (κ3) is 4.07. The Balaban J connectivity index is 1.53. The van der Waals surface area contributed by atoms with Crippen molar-refractivity contribution in [2.45, 2.75) is 39.8 Å². The van der Waals surface area contributed by atoms with Gasteiger partial charge in [-0.25, -0.2) is 9.97 Å². The molecule has 1 aliphatic rings. The second-order valence-corrected chi connectivity index (χ2v) is 7.52. The van der Waals surface area contributed by atoms with E-state index in [2.05, 4.69) is 26.0 Å². The van der Waals surface area contributed by atoms with E-state index in [4.69, 9.17) is 4.74 Å². The van der Waals surface area contributed by atoms with E-state index in [0.717, 1.165) is 11.1 Å². The largest absolute Gasteiger partial charge is 0.481 e. The zero-order valence-corrected chi connectivity index (χ0v) is 17.2. The summed E-state index contributed by atoms with van der Waals surface area (Å²) in [7, 11) is 0. The second-order valence-electron chi connectivity index (χ2n) is 7.52. The first-order valence-corrected chi connectivity index (χ1v) is 9.83. The van der Waals surface area contributed by atoms with Crippen LogP contribution in [0.25, 0.3) is 11.5 Å². The van der Waals surface area contributed by atoms with E-state index in [-0.39, 0.29) is 18.0 Å². The first kappa shape index (κ1) is 19.8. The van der Waals surface area contributed by atoms with Crippen LogP contribution in [0.4, 0.5) is 0 Å². The van der Waals surface area contributed by atoms with Crippen LogP contribution in [0.1, 0.15) is 29.3 Å². The molecule has 1 aromatic carbocycles. The molecule has 0 radical (unpaired) electrons. The van der Waals surface area contributed by atoms with Crippen molar-refractivity contribution in [2.24, 2.45) is 0 Å². The Morgan fingerprint density at radius 2 is 1.97 bits per heavy atom. The Hall–Kier alpha value is -3.55. The molecule has 0 bridgehead atoms. The molecule has 154 valence electrons. The maximum Gasteiger partial charge on any atom is 0.263 e. The summed E-state index contributed by atoms with van der Waals surface area (Å²) in [4.78, 5) is 42.7. The quantitative estimate of drug-likeness (QED) is 0.714. The third-order valence-electron chi connectivity index (χ3n) is 5.05. The van der Waals surface area contributed by atoms with E-state index in [1.165, 1.54) is 12.4 Å². The van der Waals surface area contributed by atoms with Gasteiger partial charge in [-0.3, -0.25) is 14.6 Å². The number of fused-ring (bicyclic) bond motifs is 1. The van der Waals surface area contributed by atoms with Crippen molar-refractivity contribution in [3.63, 3.8) is 0 Å². The van der Waals surface area contributed by atoms with Gasteiger partial charge in [-0.2, -0.15) is 0 Å². The van der Waals surface area contributed by atoms with Gasteiger partial charge in [-0.05, 0) is 50.5 Å². The van der Waals surface area contributed by atoms with Crippen molar-refractivity contribution in [2.75, 3.05) is 6.54 Å². The molecule has 0 saturated heterocycles. The number of rotatable bonds is 4. The van der Waals surface area contributed by atoms with E-state index < -0.39 is 6.10 Å². The Kier molecular flexibility index (Phi) is 5.31. The molecule has 1 atom stereocenters. The van der Waals surface area contributed by atoms with E-state index in [9.17, 15) is 9.59 Å². The average molecular weight is 405 g/mol. The zero-order valence-electron chi connectivity index (χ0n) is 17.2. The molecule has 0 spiro atoms. The maximum absolute atomic E-state index is 13.0. The number of amides is 1. The van der Waals surface area contributed by atoms with Gasteiger partial charge >= 0.3 is 0 Å². The van der Waals surface area contributed by atoms with E-state index in [1.54, 1.807) is 18.0 Å². The zero-order chi connectivity index (χ0) is 21.3. The molecule has 8 heteroatoms.